The van der Waals surface area contributed by atoms with Gasteiger partial charge in [-0.2, -0.15) is 5.10 Å². The molecule has 0 aliphatic heterocycles. The summed E-state index contributed by atoms with van der Waals surface area (Å²) in [5.74, 6) is 0.421. The van der Waals surface area contributed by atoms with Crippen LogP contribution in [0.2, 0.25) is 0 Å². The fraction of sp³-hybridized carbons (Fsp3) is 0.214. The minimum Gasteiger partial charge on any atom is -0.346 e. The van der Waals surface area contributed by atoms with Crippen molar-refractivity contribution in [3.63, 3.8) is 0 Å². The highest BCUT2D eigenvalue weighted by Gasteiger charge is 2.09. The molecule has 8 heteroatoms. The highest BCUT2D eigenvalue weighted by Crippen LogP contribution is 2.07. The Labute approximate surface area is 126 Å². The van der Waals surface area contributed by atoms with Crippen molar-refractivity contribution in [1.29, 1.82) is 0 Å². The number of hydrogen-bond acceptors (Lipinski definition) is 5. The van der Waals surface area contributed by atoms with Crippen LogP contribution in [0, 0.1) is 6.92 Å². The first-order chi connectivity index (χ1) is 10.6. The molecule has 3 rings (SSSR count). The summed E-state index contributed by atoms with van der Waals surface area (Å²) in [6.45, 7) is 2.33. The Morgan fingerprint density at radius 1 is 1.27 bits per heavy atom. The van der Waals surface area contributed by atoms with Crippen LogP contribution in [0.15, 0.2) is 37.1 Å². The van der Waals surface area contributed by atoms with Crippen molar-refractivity contribution in [3.05, 3.63) is 54.0 Å². The van der Waals surface area contributed by atoms with E-state index >= 15 is 0 Å². The number of rotatable bonds is 4. The topological polar surface area (TPSA) is 90.5 Å². The summed E-state index contributed by atoms with van der Waals surface area (Å²) in [7, 11) is 1.85. The van der Waals surface area contributed by atoms with Crippen LogP contribution in [0.4, 0.5) is 0 Å². The molecule has 0 atom stereocenters. The highest BCUT2D eigenvalue weighted by atomic mass is 16.1. The molecule has 0 radical (unpaired) electrons. The van der Waals surface area contributed by atoms with Gasteiger partial charge in [0.25, 0.3) is 5.91 Å². The Bertz CT molecular complexity index is 791. The smallest absolute Gasteiger partial charge is 0.251 e. The van der Waals surface area contributed by atoms with Gasteiger partial charge in [-0.3, -0.25) is 14.0 Å². The van der Waals surface area contributed by atoms with Gasteiger partial charge in [0.05, 0.1) is 17.9 Å². The first-order valence-electron chi connectivity index (χ1n) is 6.72. The molecule has 1 amide bonds. The first kappa shape index (κ1) is 13.9. The number of pyridine rings is 1. The number of amides is 1. The van der Waals surface area contributed by atoms with Gasteiger partial charge in [-0.25, -0.2) is 4.98 Å². The monoisotopic (exact) mass is 297 g/mol. The van der Waals surface area contributed by atoms with E-state index < -0.39 is 0 Å². The lowest BCUT2D eigenvalue weighted by Crippen LogP contribution is -2.24. The summed E-state index contributed by atoms with van der Waals surface area (Å²) in [4.78, 5) is 16.4. The van der Waals surface area contributed by atoms with Crippen LogP contribution >= 0.6 is 0 Å². The lowest BCUT2D eigenvalue weighted by molar-refractivity contribution is 0.0950. The third-order valence-corrected chi connectivity index (χ3v) is 3.22. The van der Waals surface area contributed by atoms with Gasteiger partial charge in [-0.15, -0.1) is 10.2 Å². The van der Waals surface area contributed by atoms with Crippen LogP contribution in [-0.4, -0.2) is 35.4 Å². The van der Waals surface area contributed by atoms with Crippen LogP contribution < -0.4 is 5.32 Å². The van der Waals surface area contributed by atoms with Crippen molar-refractivity contribution in [2.24, 2.45) is 7.05 Å². The fourth-order valence-electron chi connectivity index (χ4n) is 2.12. The summed E-state index contributed by atoms with van der Waals surface area (Å²) in [5, 5.41) is 14.6. The predicted molar refractivity (Wildman–Crippen MR) is 78.3 cm³/mol. The maximum Gasteiger partial charge on any atom is 0.251 e. The average molecular weight is 297 g/mol. The molecule has 0 aliphatic rings. The Morgan fingerprint density at radius 2 is 2.05 bits per heavy atom. The second kappa shape index (κ2) is 5.76. The molecule has 1 N–H and O–H groups in total. The lowest BCUT2D eigenvalue weighted by Gasteiger charge is -2.07. The molecule has 22 heavy (non-hydrogen) atoms. The molecule has 112 valence electrons. The Hall–Kier alpha value is -3.03. The minimum atomic E-state index is -0.171. The minimum absolute atomic E-state index is 0.171. The van der Waals surface area contributed by atoms with Gasteiger partial charge in [0.2, 0.25) is 0 Å². The van der Waals surface area contributed by atoms with Crippen LogP contribution in [-0.2, 0) is 13.6 Å². The Kier molecular flexibility index (Phi) is 3.65. The van der Waals surface area contributed by atoms with E-state index in [1.54, 1.807) is 27.6 Å². The second-order valence-corrected chi connectivity index (χ2v) is 4.86. The number of carbonyl (C=O) groups is 1. The van der Waals surface area contributed by atoms with Crippen LogP contribution in [0.3, 0.4) is 0 Å². The van der Waals surface area contributed by atoms with E-state index in [1.165, 1.54) is 12.7 Å². The predicted octanol–water partition coefficient (Wildman–Crippen LogP) is 0.634. The normalized spacial score (nSPS) is 10.6. The van der Waals surface area contributed by atoms with E-state index in [9.17, 15) is 4.79 Å². The molecule has 0 fully saturated rings. The molecule has 0 spiro atoms. The van der Waals surface area contributed by atoms with Gasteiger partial charge in [-0.1, -0.05) is 0 Å². The maximum absolute atomic E-state index is 12.2. The number of nitrogens with zero attached hydrogens (tertiary/aromatic N) is 6. The molecule has 0 bridgehead atoms. The third-order valence-electron chi connectivity index (χ3n) is 3.22. The molecule has 0 unspecified atom stereocenters. The van der Waals surface area contributed by atoms with Gasteiger partial charge in [-0.05, 0) is 25.1 Å². The van der Waals surface area contributed by atoms with Crippen molar-refractivity contribution in [2.45, 2.75) is 13.5 Å². The van der Waals surface area contributed by atoms with Crippen molar-refractivity contribution >= 4 is 5.91 Å². The van der Waals surface area contributed by atoms with Crippen LogP contribution in [0.25, 0.3) is 5.82 Å². The van der Waals surface area contributed by atoms with Crippen molar-refractivity contribution in [2.75, 3.05) is 0 Å². The zero-order chi connectivity index (χ0) is 15.5. The van der Waals surface area contributed by atoms with Crippen LogP contribution in [0.5, 0.6) is 0 Å². The molecule has 0 saturated heterocycles. The van der Waals surface area contributed by atoms with Crippen molar-refractivity contribution < 1.29 is 4.79 Å². The number of carbonyl (C=O) groups excluding carboxylic acids is 1. The lowest BCUT2D eigenvalue weighted by atomic mass is 10.2. The van der Waals surface area contributed by atoms with E-state index in [0.717, 1.165) is 11.4 Å². The maximum atomic E-state index is 12.2. The standard InChI is InChI=1S/C14H15N7O/c1-10-5-12(20(2)19-10)7-16-14(22)11-3-4-15-13(6-11)21-8-17-18-9-21/h3-6,8-9H,7H2,1-2H3,(H,16,22). The summed E-state index contributed by atoms with van der Waals surface area (Å²) < 4.78 is 3.39. The zero-order valence-corrected chi connectivity index (χ0v) is 12.3. The molecule has 8 nitrogen and oxygen atoms in total. The Balaban J connectivity index is 1.72. The largest absolute Gasteiger partial charge is 0.346 e. The quantitative estimate of drug-likeness (QED) is 0.763. The van der Waals surface area contributed by atoms with Gasteiger partial charge in [0.15, 0.2) is 0 Å². The molecular weight excluding hydrogens is 282 g/mol. The molecule has 3 heterocycles. The number of aryl methyl sites for hydroxylation is 2. The van der Waals surface area contributed by atoms with E-state index in [2.05, 4.69) is 25.6 Å². The van der Waals surface area contributed by atoms with E-state index in [-0.39, 0.29) is 5.91 Å². The van der Waals surface area contributed by atoms with E-state index in [1.807, 2.05) is 20.0 Å². The van der Waals surface area contributed by atoms with Crippen molar-refractivity contribution in [1.82, 2.24) is 34.8 Å². The summed E-state index contributed by atoms with van der Waals surface area (Å²) in [6.07, 6.45) is 4.64. The molecule has 0 aliphatic carbocycles. The summed E-state index contributed by atoms with van der Waals surface area (Å²) >= 11 is 0. The highest BCUT2D eigenvalue weighted by molar-refractivity contribution is 5.94. The summed E-state index contributed by atoms with van der Waals surface area (Å²) in [6, 6.07) is 5.29. The van der Waals surface area contributed by atoms with Gasteiger partial charge in [0.1, 0.15) is 18.5 Å². The second-order valence-electron chi connectivity index (χ2n) is 4.86. The first-order valence-corrected chi connectivity index (χ1v) is 6.72. The fourth-order valence-corrected chi connectivity index (χ4v) is 2.12. The molecule has 3 aromatic rings. The van der Waals surface area contributed by atoms with Gasteiger partial charge in [0, 0.05) is 18.8 Å². The number of aromatic nitrogens is 6. The van der Waals surface area contributed by atoms with Crippen molar-refractivity contribution in [3.8, 4) is 5.82 Å². The van der Waals surface area contributed by atoms with E-state index in [0.29, 0.717) is 17.9 Å². The molecule has 0 saturated carbocycles. The number of hydrogen-bond donors (Lipinski definition) is 1. The summed E-state index contributed by atoms with van der Waals surface area (Å²) in [5.41, 5.74) is 2.39. The molecule has 3 aromatic heterocycles. The van der Waals surface area contributed by atoms with Gasteiger partial charge < -0.3 is 5.32 Å². The van der Waals surface area contributed by atoms with Gasteiger partial charge >= 0.3 is 0 Å². The average Bonchev–Trinajstić information content (AvgIpc) is 3.15. The van der Waals surface area contributed by atoms with Crippen LogP contribution in [0.1, 0.15) is 21.7 Å². The molecule has 0 aromatic carbocycles. The van der Waals surface area contributed by atoms with E-state index in [4.69, 9.17) is 0 Å². The third kappa shape index (κ3) is 2.85. The zero-order valence-electron chi connectivity index (χ0n) is 12.3. The number of nitrogens with one attached hydrogen (secondary N) is 1. The Morgan fingerprint density at radius 3 is 2.73 bits per heavy atom. The molecular formula is C14H15N7O. The SMILES string of the molecule is Cc1cc(CNC(=O)c2ccnc(-n3cnnc3)c2)n(C)n1.